The van der Waals surface area contributed by atoms with Crippen LogP contribution in [0.4, 0.5) is 0 Å². The standard InChI is InChI=1S/C17H17N3O3S/c1-4-23-14-6-5-12(9-15(14)22-3)10-18-20-11(2)19-16-13(17(20)21)7-8-24-16/h5-10H,4H2,1-3H3/b18-10-. The third-order valence-electron chi connectivity index (χ3n) is 3.45. The van der Waals surface area contributed by atoms with Gasteiger partial charge in [0, 0.05) is 0 Å². The van der Waals surface area contributed by atoms with Gasteiger partial charge in [-0.2, -0.15) is 9.78 Å². The van der Waals surface area contributed by atoms with E-state index in [0.717, 1.165) is 10.4 Å². The van der Waals surface area contributed by atoms with E-state index in [9.17, 15) is 4.79 Å². The molecule has 1 aromatic carbocycles. The number of ether oxygens (including phenoxy) is 2. The van der Waals surface area contributed by atoms with Crippen LogP contribution in [-0.2, 0) is 0 Å². The van der Waals surface area contributed by atoms with Crippen molar-refractivity contribution < 1.29 is 9.47 Å². The number of benzene rings is 1. The number of nitrogens with zero attached hydrogens (tertiary/aromatic N) is 3. The maximum atomic E-state index is 12.5. The summed E-state index contributed by atoms with van der Waals surface area (Å²) < 4.78 is 12.1. The molecule has 0 aliphatic heterocycles. The Labute approximate surface area is 143 Å². The first-order valence-corrected chi connectivity index (χ1v) is 8.34. The predicted molar refractivity (Wildman–Crippen MR) is 95.8 cm³/mol. The second kappa shape index (κ2) is 6.84. The molecule has 0 aliphatic rings. The first kappa shape index (κ1) is 16.2. The summed E-state index contributed by atoms with van der Waals surface area (Å²) in [4.78, 5) is 17.6. The number of hydrogen-bond donors (Lipinski definition) is 0. The lowest BCUT2D eigenvalue weighted by Gasteiger charge is -2.09. The molecule has 0 atom stereocenters. The molecule has 3 rings (SSSR count). The lowest BCUT2D eigenvalue weighted by atomic mass is 10.2. The normalized spacial score (nSPS) is 11.3. The van der Waals surface area contributed by atoms with Crippen LogP contribution in [0.2, 0.25) is 0 Å². The summed E-state index contributed by atoms with van der Waals surface area (Å²) in [6.45, 7) is 4.24. The maximum Gasteiger partial charge on any atom is 0.282 e. The number of thiophene rings is 1. The van der Waals surface area contributed by atoms with Crippen molar-refractivity contribution in [1.29, 1.82) is 0 Å². The molecule has 0 saturated carbocycles. The third kappa shape index (κ3) is 3.03. The van der Waals surface area contributed by atoms with Gasteiger partial charge in [-0.1, -0.05) is 0 Å². The molecule has 2 heterocycles. The molecule has 0 saturated heterocycles. The molecule has 7 heteroatoms. The van der Waals surface area contributed by atoms with E-state index in [1.165, 1.54) is 16.0 Å². The Morgan fingerprint density at radius 1 is 1.33 bits per heavy atom. The van der Waals surface area contributed by atoms with Crippen LogP contribution >= 0.6 is 11.3 Å². The Hall–Kier alpha value is -2.67. The van der Waals surface area contributed by atoms with Crippen molar-refractivity contribution in [1.82, 2.24) is 9.66 Å². The van der Waals surface area contributed by atoms with Gasteiger partial charge in [0.15, 0.2) is 11.5 Å². The van der Waals surface area contributed by atoms with Gasteiger partial charge in [-0.15, -0.1) is 11.3 Å². The lowest BCUT2D eigenvalue weighted by Crippen LogP contribution is -2.19. The van der Waals surface area contributed by atoms with Gasteiger partial charge < -0.3 is 9.47 Å². The zero-order valence-corrected chi connectivity index (χ0v) is 14.5. The predicted octanol–water partition coefficient (Wildman–Crippen LogP) is 3.06. The van der Waals surface area contributed by atoms with Crippen molar-refractivity contribution in [2.75, 3.05) is 13.7 Å². The van der Waals surface area contributed by atoms with Crippen LogP contribution in [0.1, 0.15) is 18.3 Å². The molecule has 0 aliphatic carbocycles. The van der Waals surface area contributed by atoms with Gasteiger partial charge in [0.2, 0.25) is 0 Å². The van der Waals surface area contributed by atoms with Crippen molar-refractivity contribution >= 4 is 27.8 Å². The van der Waals surface area contributed by atoms with E-state index < -0.39 is 0 Å². The number of rotatable bonds is 5. The van der Waals surface area contributed by atoms with Crippen molar-refractivity contribution in [3.05, 3.63) is 51.4 Å². The molecule has 124 valence electrons. The smallest absolute Gasteiger partial charge is 0.282 e. The highest BCUT2D eigenvalue weighted by Crippen LogP contribution is 2.27. The third-order valence-corrected chi connectivity index (χ3v) is 4.25. The molecular weight excluding hydrogens is 326 g/mol. The molecule has 2 aromatic heterocycles. The SMILES string of the molecule is CCOc1ccc(/C=N\n2c(C)nc3sccc3c2=O)cc1OC. The van der Waals surface area contributed by atoms with E-state index in [-0.39, 0.29) is 5.56 Å². The summed E-state index contributed by atoms with van der Waals surface area (Å²) in [5, 5.41) is 6.71. The van der Waals surface area contributed by atoms with Crippen LogP contribution in [0.15, 0.2) is 39.5 Å². The van der Waals surface area contributed by atoms with Crippen molar-refractivity contribution in [2.24, 2.45) is 5.10 Å². The van der Waals surface area contributed by atoms with Crippen molar-refractivity contribution in [3.8, 4) is 11.5 Å². The zero-order chi connectivity index (χ0) is 17.1. The molecule has 24 heavy (non-hydrogen) atoms. The van der Waals surface area contributed by atoms with Gasteiger partial charge in [-0.3, -0.25) is 4.79 Å². The Bertz CT molecular complexity index is 959. The monoisotopic (exact) mass is 343 g/mol. The van der Waals surface area contributed by atoms with E-state index >= 15 is 0 Å². The number of aromatic nitrogens is 2. The fraction of sp³-hybridized carbons (Fsp3) is 0.235. The summed E-state index contributed by atoms with van der Waals surface area (Å²) in [6, 6.07) is 7.25. The van der Waals surface area contributed by atoms with E-state index in [0.29, 0.717) is 29.3 Å². The van der Waals surface area contributed by atoms with Gasteiger partial charge >= 0.3 is 0 Å². The Balaban J connectivity index is 1.98. The van der Waals surface area contributed by atoms with Gasteiger partial charge in [0.25, 0.3) is 5.56 Å². The van der Waals surface area contributed by atoms with Gasteiger partial charge in [0.05, 0.1) is 25.3 Å². The Morgan fingerprint density at radius 2 is 2.17 bits per heavy atom. The number of methoxy groups -OCH3 is 1. The highest BCUT2D eigenvalue weighted by Gasteiger charge is 2.08. The first-order valence-electron chi connectivity index (χ1n) is 7.46. The molecule has 0 N–H and O–H groups in total. The Morgan fingerprint density at radius 3 is 2.92 bits per heavy atom. The molecule has 0 fully saturated rings. The summed E-state index contributed by atoms with van der Waals surface area (Å²) in [5.74, 6) is 1.84. The van der Waals surface area contributed by atoms with Gasteiger partial charge in [-0.05, 0) is 49.1 Å². The second-order valence-electron chi connectivity index (χ2n) is 5.00. The quantitative estimate of drug-likeness (QED) is 0.668. The minimum Gasteiger partial charge on any atom is -0.493 e. The van der Waals surface area contributed by atoms with Crippen LogP contribution in [0.25, 0.3) is 10.2 Å². The van der Waals surface area contributed by atoms with Crippen molar-refractivity contribution in [3.63, 3.8) is 0 Å². The second-order valence-corrected chi connectivity index (χ2v) is 5.90. The minimum absolute atomic E-state index is 0.173. The molecule has 6 nitrogen and oxygen atoms in total. The fourth-order valence-corrected chi connectivity index (χ4v) is 3.11. The van der Waals surface area contributed by atoms with Crippen LogP contribution in [0.5, 0.6) is 11.5 Å². The first-order chi connectivity index (χ1) is 11.6. The molecule has 0 spiro atoms. The average molecular weight is 343 g/mol. The van der Waals surface area contributed by atoms with E-state index in [1.54, 1.807) is 26.3 Å². The van der Waals surface area contributed by atoms with Crippen molar-refractivity contribution in [2.45, 2.75) is 13.8 Å². The van der Waals surface area contributed by atoms with Gasteiger partial charge in [-0.25, -0.2) is 4.98 Å². The van der Waals surface area contributed by atoms with Crippen LogP contribution in [0, 0.1) is 6.92 Å². The number of fused-ring (bicyclic) bond motifs is 1. The summed E-state index contributed by atoms with van der Waals surface area (Å²) in [5.41, 5.74) is 0.625. The molecule has 0 radical (unpaired) electrons. The van der Waals surface area contributed by atoms with Crippen LogP contribution < -0.4 is 15.0 Å². The van der Waals surface area contributed by atoms with Crippen LogP contribution in [-0.4, -0.2) is 29.6 Å². The number of hydrogen-bond acceptors (Lipinski definition) is 6. The largest absolute Gasteiger partial charge is 0.493 e. The highest BCUT2D eigenvalue weighted by atomic mass is 32.1. The Kier molecular flexibility index (Phi) is 4.61. The molecular formula is C17H17N3O3S. The highest BCUT2D eigenvalue weighted by molar-refractivity contribution is 7.16. The van der Waals surface area contributed by atoms with Gasteiger partial charge in [0.1, 0.15) is 10.7 Å². The topological polar surface area (TPSA) is 65.7 Å². The van der Waals surface area contributed by atoms with E-state index in [1.807, 2.05) is 30.5 Å². The summed E-state index contributed by atoms with van der Waals surface area (Å²) >= 11 is 1.44. The van der Waals surface area contributed by atoms with Crippen LogP contribution in [0.3, 0.4) is 0 Å². The summed E-state index contributed by atoms with van der Waals surface area (Å²) in [7, 11) is 1.59. The fourth-order valence-electron chi connectivity index (χ4n) is 2.31. The lowest BCUT2D eigenvalue weighted by molar-refractivity contribution is 0.311. The maximum absolute atomic E-state index is 12.5. The summed E-state index contributed by atoms with van der Waals surface area (Å²) in [6.07, 6.45) is 1.60. The van der Waals surface area contributed by atoms with E-state index in [4.69, 9.17) is 9.47 Å². The van der Waals surface area contributed by atoms with E-state index in [2.05, 4.69) is 10.1 Å². The zero-order valence-electron chi connectivity index (χ0n) is 13.6. The molecule has 0 bridgehead atoms. The average Bonchev–Trinajstić information content (AvgIpc) is 3.04. The number of aryl methyl sites for hydroxylation is 1. The molecule has 0 amide bonds. The minimum atomic E-state index is -0.173. The molecule has 0 unspecified atom stereocenters. The molecule has 3 aromatic rings.